The van der Waals surface area contributed by atoms with E-state index in [1.54, 1.807) is 0 Å². The summed E-state index contributed by atoms with van der Waals surface area (Å²) in [5.41, 5.74) is 2.39. The first-order chi connectivity index (χ1) is 7.48. The van der Waals surface area contributed by atoms with Crippen molar-refractivity contribution in [2.45, 2.75) is 58.4 Å². The number of rotatable bonds is 3. The summed E-state index contributed by atoms with van der Waals surface area (Å²) in [7, 11) is 0. The largest absolute Gasteiger partial charge is 0.349 e. The van der Waals surface area contributed by atoms with Crippen molar-refractivity contribution in [3.63, 3.8) is 0 Å². The maximum Gasteiger partial charge on any atom is 0.223 e. The lowest BCUT2D eigenvalue weighted by molar-refractivity contribution is 0.304. The zero-order valence-corrected chi connectivity index (χ0v) is 10.7. The number of anilines is 1. The lowest BCUT2D eigenvalue weighted by Gasteiger charge is -2.39. The van der Waals surface area contributed by atoms with E-state index in [0.29, 0.717) is 5.92 Å². The molecule has 1 fully saturated rings. The minimum Gasteiger partial charge on any atom is -0.349 e. The second-order valence-corrected chi connectivity index (χ2v) is 5.45. The van der Waals surface area contributed by atoms with E-state index < -0.39 is 0 Å². The van der Waals surface area contributed by atoms with Crippen LogP contribution < -0.4 is 5.32 Å². The van der Waals surface area contributed by atoms with Crippen molar-refractivity contribution in [1.29, 1.82) is 0 Å². The Morgan fingerprint density at radius 2 is 2.00 bits per heavy atom. The van der Waals surface area contributed by atoms with E-state index in [2.05, 4.69) is 42.1 Å². The first-order valence-electron chi connectivity index (χ1n) is 6.12. The molecule has 1 aliphatic carbocycles. The maximum absolute atomic E-state index is 4.58. The summed E-state index contributed by atoms with van der Waals surface area (Å²) < 4.78 is 0. The van der Waals surface area contributed by atoms with Gasteiger partial charge in [-0.3, -0.25) is 0 Å². The molecule has 0 atom stereocenters. The summed E-state index contributed by atoms with van der Waals surface area (Å²) in [6.07, 6.45) is 3.76. The van der Waals surface area contributed by atoms with Gasteiger partial charge in [0.2, 0.25) is 5.95 Å². The van der Waals surface area contributed by atoms with Crippen molar-refractivity contribution in [3.05, 3.63) is 17.5 Å². The predicted octanol–water partition coefficient (Wildman–Crippen LogP) is 3.26. The van der Waals surface area contributed by atoms with Gasteiger partial charge in [-0.25, -0.2) is 9.97 Å². The van der Waals surface area contributed by atoms with Crippen LogP contribution in [0.2, 0.25) is 0 Å². The van der Waals surface area contributed by atoms with Gasteiger partial charge in [-0.2, -0.15) is 0 Å². The van der Waals surface area contributed by atoms with E-state index in [9.17, 15) is 0 Å². The van der Waals surface area contributed by atoms with Crippen molar-refractivity contribution in [2.75, 3.05) is 5.32 Å². The van der Waals surface area contributed by atoms with E-state index in [1.165, 1.54) is 19.3 Å². The lowest BCUT2D eigenvalue weighted by Crippen LogP contribution is -2.42. The molecule has 3 heteroatoms. The van der Waals surface area contributed by atoms with E-state index in [-0.39, 0.29) is 5.54 Å². The monoisotopic (exact) mass is 219 g/mol. The van der Waals surface area contributed by atoms with E-state index in [0.717, 1.165) is 17.3 Å². The molecule has 1 heterocycles. The van der Waals surface area contributed by atoms with Crippen LogP contribution in [0.25, 0.3) is 0 Å². The molecule has 88 valence electrons. The van der Waals surface area contributed by atoms with Crippen molar-refractivity contribution in [2.24, 2.45) is 0 Å². The summed E-state index contributed by atoms with van der Waals surface area (Å²) >= 11 is 0. The molecule has 0 saturated heterocycles. The number of hydrogen-bond acceptors (Lipinski definition) is 3. The molecule has 3 nitrogen and oxygen atoms in total. The molecular formula is C13H21N3. The topological polar surface area (TPSA) is 37.8 Å². The minimum absolute atomic E-state index is 0.224. The van der Waals surface area contributed by atoms with Gasteiger partial charge in [0.05, 0.1) is 0 Å². The molecular weight excluding hydrogens is 198 g/mol. The summed E-state index contributed by atoms with van der Waals surface area (Å²) in [4.78, 5) is 9.04. The standard InChI is InChI=1S/C13H21N3/c1-9(2)11-8-10(3)14-12(15-11)16-13(4)6-5-7-13/h8-9H,5-7H2,1-4H3,(H,14,15,16). The molecule has 16 heavy (non-hydrogen) atoms. The fourth-order valence-corrected chi connectivity index (χ4v) is 2.05. The van der Waals surface area contributed by atoms with E-state index >= 15 is 0 Å². The fraction of sp³-hybridized carbons (Fsp3) is 0.692. The Morgan fingerprint density at radius 1 is 1.31 bits per heavy atom. The second kappa shape index (κ2) is 4.04. The van der Waals surface area contributed by atoms with Crippen LogP contribution in [-0.2, 0) is 0 Å². The lowest BCUT2D eigenvalue weighted by atomic mass is 9.79. The third kappa shape index (κ3) is 2.34. The molecule has 0 amide bonds. The van der Waals surface area contributed by atoms with Gasteiger partial charge >= 0.3 is 0 Å². The Kier molecular flexibility index (Phi) is 2.87. The summed E-state index contributed by atoms with van der Waals surface area (Å²) in [6.45, 7) is 8.60. The van der Waals surface area contributed by atoms with Crippen LogP contribution in [0.3, 0.4) is 0 Å². The van der Waals surface area contributed by atoms with Gasteiger partial charge in [0.1, 0.15) is 0 Å². The highest BCUT2D eigenvalue weighted by Crippen LogP contribution is 2.33. The average molecular weight is 219 g/mol. The quantitative estimate of drug-likeness (QED) is 0.848. The normalized spacial score (nSPS) is 18.3. The van der Waals surface area contributed by atoms with Crippen LogP contribution in [0.5, 0.6) is 0 Å². The summed E-state index contributed by atoms with van der Waals surface area (Å²) in [5, 5.41) is 3.47. The van der Waals surface area contributed by atoms with Crippen molar-refractivity contribution in [1.82, 2.24) is 9.97 Å². The fourth-order valence-electron chi connectivity index (χ4n) is 2.05. The van der Waals surface area contributed by atoms with Crippen LogP contribution in [0.4, 0.5) is 5.95 Å². The summed E-state index contributed by atoms with van der Waals surface area (Å²) in [5.74, 6) is 1.25. The van der Waals surface area contributed by atoms with Gasteiger partial charge in [0, 0.05) is 16.9 Å². The van der Waals surface area contributed by atoms with Gasteiger partial charge in [0.15, 0.2) is 0 Å². The SMILES string of the molecule is Cc1cc(C(C)C)nc(NC2(C)CCC2)n1. The highest BCUT2D eigenvalue weighted by molar-refractivity contribution is 5.33. The number of aromatic nitrogens is 2. The van der Waals surface area contributed by atoms with Crippen LogP contribution in [0, 0.1) is 6.92 Å². The molecule has 0 radical (unpaired) electrons. The van der Waals surface area contributed by atoms with E-state index in [4.69, 9.17) is 0 Å². The Hall–Kier alpha value is -1.12. The van der Waals surface area contributed by atoms with Crippen LogP contribution in [0.15, 0.2) is 6.07 Å². The molecule has 0 unspecified atom stereocenters. The minimum atomic E-state index is 0.224. The first-order valence-corrected chi connectivity index (χ1v) is 6.12. The molecule has 0 spiro atoms. The van der Waals surface area contributed by atoms with Gasteiger partial charge in [-0.15, -0.1) is 0 Å². The number of hydrogen-bond donors (Lipinski definition) is 1. The molecule has 0 aliphatic heterocycles. The Bertz CT molecular complexity index is 381. The number of aryl methyl sites for hydroxylation is 1. The molecule has 1 aromatic heterocycles. The highest BCUT2D eigenvalue weighted by atomic mass is 15.1. The van der Waals surface area contributed by atoms with Crippen molar-refractivity contribution >= 4 is 5.95 Å². The maximum atomic E-state index is 4.58. The molecule has 1 aliphatic rings. The van der Waals surface area contributed by atoms with Gasteiger partial charge in [-0.05, 0) is 45.1 Å². The van der Waals surface area contributed by atoms with Crippen molar-refractivity contribution in [3.8, 4) is 0 Å². The Balaban J connectivity index is 2.20. The highest BCUT2D eigenvalue weighted by Gasteiger charge is 2.32. The Labute approximate surface area is 97.7 Å². The smallest absolute Gasteiger partial charge is 0.223 e. The summed E-state index contributed by atoms with van der Waals surface area (Å²) in [6, 6.07) is 2.07. The van der Waals surface area contributed by atoms with Crippen LogP contribution in [-0.4, -0.2) is 15.5 Å². The van der Waals surface area contributed by atoms with E-state index in [1.807, 2.05) is 6.92 Å². The molecule has 1 aromatic rings. The molecule has 0 bridgehead atoms. The van der Waals surface area contributed by atoms with Crippen LogP contribution in [0.1, 0.15) is 57.3 Å². The number of nitrogens with zero attached hydrogens (tertiary/aromatic N) is 2. The third-order valence-corrected chi connectivity index (χ3v) is 3.34. The Morgan fingerprint density at radius 3 is 2.50 bits per heavy atom. The van der Waals surface area contributed by atoms with Gasteiger partial charge < -0.3 is 5.32 Å². The first kappa shape index (κ1) is 11.4. The molecule has 0 aromatic carbocycles. The van der Waals surface area contributed by atoms with Gasteiger partial charge in [0.25, 0.3) is 0 Å². The average Bonchev–Trinajstić information content (AvgIpc) is 2.14. The van der Waals surface area contributed by atoms with Crippen molar-refractivity contribution < 1.29 is 0 Å². The van der Waals surface area contributed by atoms with Gasteiger partial charge in [-0.1, -0.05) is 13.8 Å². The second-order valence-electron chi connectivity index (χ2n) is 5.45. The molecule has 1 N–H and O–H groups in total. The molecule has 2 rings (SSSR count). The molecule has 1 saturated carbocycles. The zero-order chi connectivity index (χ0) is 11.8. The number of nitrogens with one attached hydrogen (secondary N) is 1. The van der Waals surface area contributed by atoms with Crippen LogP contribution >= 0.6 is 0 Å². The zero-order valence-electron chi connectivity index (χ0n) is 10.7. The third-order valence-electron chi connectivity index (χ3n) is 3.34. The predicted molar refractivity (Wildman–Crippen MR) is 66.7 cm³/mol.